The fourth-order valence-corrected chi connectivity index (χ4v) is 3.43. The first-order valence-electron chi connectivity index (χ1n) is 10.5. The molecule has 2 aromatic carbocycles. The first-order chi connectivity index (χ1) is 15.4. The standard InChI is InChI=1S/C25H30N4O4/c1-25(2,3)21(15-11-8-7-9-12-15)27-19-18(23(32)29(6)24(19)33)26-17-14-10-13-16(20(17)30)22(31)28(4)5/h7-14,26,30,32-33H,1-6H3. The van der Waals surface area contributed by atoms with E-state index in [-0.39, 0.29) is 51.5 Å². The molecule has 8 nitrogen and oxygen atoms in total. The Morgan fingerprint density at radius 3 is 2.18 bits per heavy atom. The van der Waals surface area contributed by atoms with Crippen LogP contribution in [-0.4, -0.2) is 50.5 Å². The van der Waals surface area contributed by atoms with E-state index in [2.05, 4.69) is 5.32 Å². The molecule has 0 aliphatic heterocycles. The van der Waals surface area contributed by atoms with Crippen LogP contribution in [-0.2, 0) is 7.05 Å². The van der Waals surface area contributed by atoms with Gasteiger partial charge in [0.2, 0.25) is 11.8 Å². The largest absolute Gasteiger partial charge is 0.505 e. The Morgan fingerprint density at radius 2 is 1.61 bits per heavy atom. The van der Waals surface area contributed by atoms with Crippen molar-refractivity contribution in [3.05, 3.63) is 59.7 Å². The quantitative estimate of drug-likeness (QED) is 0.331. The summed E-state index contributed by atoms with van der Waals surface area (Å²) in [6, 6.07) is 14.3. The molecule has 3 aromatic rings. The summed E-state index contributed by atoms with van der Waals surface area (Å²) in [7, 11) is 4.68. The highest BCUT2D eigenvalue weighted by Crippen LogP contribution is 2.48. The Labute approximate surface area is 193 Å². The number of para-hydroxylation sites is 1. The molecule has 1 aromatic heterocycles. The van der Waals surface area contributed by atoms with Crippen molar-refractivity contribution in [1.29, 1.82) is 0 Å². The minimum atomic E-state index is -0.378. The van der Waals surface area contributed by atoms with Gasteiger partial charge in [-0.25, -0.2) is 4.99 Å². The van der Waals surface area contributed by atoms with Crippen molar-refractivity contribution >= 4 is 28.7 Å². The van der Waals surface area contributed by atoms with E-state index >= 15 is 0 Å². The molecule has 4 N–H and O–H groups in total. The molecule has 0 atom stereocenters. The van der Waals surface area contributed by atoms with Crippen molar-refractivity contribution < 1.29 is 20.1 Å². The van der Waals surface area contributed by atoms with Crippen LogP contribution in [0.3, 0.4) is 0 Å². The molecule has 8 heteroatoms. The SMILES string of the molecule is CN(C)C(=O)c1cccc(Nc2c(N=C(c3ccccc3)C(C)(C)C)c(O)n(C)c2O)c1O. The molecule has 33 heavy (non-hydrogen) atoms. The van der Waals surface area contributed by atoms with Gasteiger partial charge in [-0.15, -0.1) is 0 Å². The Bertz CT molecular complexity index is 1210. The highest BCUT2D eigenvalue weighted by atomic mass is 16.3. The van der Waals surface area contributed by atoms with Gasteiger partial charge in [-0.2, -0.15) is 0 Å². The van der Waals surface area contributed by atoms with Crippen molar-refractivity contribution in [3.8, 4) is 17.5 Å². The number of anilines is 2. The van der Waals surface area contributed by atoms with Gasteiger partial charge in [-0.3, -0.25) is 9.36 Å². The molecule has 0 unspecified atom stereocenters. The number of benzene rings is 2. The second-order valence-electron chi connectivity index (χ2n) is 9.03. The van der Waals surface area contributed by atoms with E-state index in [4.69, 9.17) is 4.99 Å². The number of aromatic nitrogens is 1. The minimum Gasteiger partial charge on any atom is -0.505 e. The number of aromatic hydroxyl groups is 3. The third-order valence-corrected chi connectivity index (χ3v) is 5.22. The van der Waals surface area contributed by atoms with Crippen molar-refractivity contribution in [2.45, 2.75) is 20.8 Å². The van der Waals surface area contributed by atoms with Crippen LogP contribution in [0.1, 0.15) is 36.7 Å². The van der Waals surface area contributed by atoms with Crippen LogP contribution in [0, 0.1) is 5.41 Å². The number of amides is 1. The zero-order chi connectivity index (χ0) is 24.5. The minimum absolute atomic E-state index is 0.106. The van der Waals surface area contributed by atoms with Crippen LogP contribution < -0.4 is 5.32 Å². The summed E-state index contributed by atoms with van der Waals surface area (Å²) in [5, 5.41) is 35.1. The third kappa shape index (κ3) is 4.64. The van der Waals surface area contributed by atoms with Gasteiger partial charge in [-0.1, -0.05) is 57.2 Å². The lowest BCUT2D eigenvalue weighted by Crippen LogP contribution is -2.21. The molecule has 1 amide bonds. The Balaban J connectivity index is 2.17. The molecule has 0 spiro atoms. The van der Waals surface area contributed by atoms with E-state index in [0.717, 1.165) is 5.56 Å². The monoisotopic (exact) mass is 450 g/mol. The molecular formula is C25H30N4O4. The number of nitrogens with zero attached hydrogens (tertiary/aromatic N) is 3. The van der Waals surface area contributed by atoms with Crippen LogP contribution in [0.4, 0.5) is 17.1 Å². The lowest BCUT2D eigenvalue weighted by Gasteiger charge is -2.22. The number of carbonyl (C=O) groups is 1. The highest BCUT2D eigenvalue weighted by molar-refractivity contribution is 6.07. The zero-order valence-corrected chi connectivity index (χ0v) is 19.7. The van der Waals surface area contributed by atoms with Gasteiger partial charge in [0.15, 0.2) is 11.4 Å². The van der Waals surface area contributed by atoms with Gasteiger partial charge in [0.1, 0.15) is 5.69 Å². The highest BCUT2D eigenvalue weighted by Gasteiger charge is 2.27. The van der Waals surface area contributed by atoms with Gasteiger partial charge < -0.3 is 25.5 Å². The molecule has 0 saturated carbocycles. The van der Waals surface area contributed by atoms with Crippen molar-refractivity contribution in [2.75, 3.05) is 19.4 Å². The summed E-state index contributed by atoms with van der Waals surface area (Å²) < 4.78 is 1.19. The average Bonchev–Trinajstić information content (AvgIpc) is 2.96. The normalized spacial score (nSPS) is 12.0. The van der Waals surface area contributed by atoms with E-state index in [1.165, 1.54) is 22.6 Å². The molecule has 1 heterocycles. The third-order valence-electron chi connectivity index (χ3n) is 5.22. The van der Waals surface area contributed by atoms with Gasteiger partial charge in [0.05, 0.1) is 17.0 Å². The second-order valence-corrected chi connectivity index (χ2v) is 9.03. The summed E-state index contributed by atoms with van der Waals surface area (Å²) in [6.45, 7) is 6.02. The lowest BCUT2D eigenvalue weighted by atomic mass is 9.85. The maximum absolute atomic E-state index is 12.4. The van der Waals surface area contributed by atoms with Gasteiger partial charge in [0, 0.05) is 26.6 Å². The van der Waals surface area contributed by atoms with E-state index in [1.807, 2.05) is 51.1 Å². The second kappa shape index (κ2) is 8.90. The van der Waals surface area contributed by atoms with Gasteiger partial charge in [-0.05, 0) is 17.7 Å². The Hall–Kier alpha value is -3.94. The van der Waals surface area contributed by atoms with Crippen molar-refractivity contribution in [1.82, 2.24) is 9.47 Å². The molecule has 0 fully saturated rings. The number of hydrogen-bond donors (Lipinski definition) is 4. The number of nitrogens with one attached hydrogen (secondary N) is 1. The lowest BCUT2D eigenvalue weighted by molar-refractivity contribution is 0.0824. The fourth-order valence-electron chi connectivity index (χ4n) is 3.43. The molecule has 0 radical (unpaired) electrons. The first-order valence-corrected chi connectivity index (χ1v) is 10.5. The molecule has 174 valence electrons. The summed E-state index contributed by atoms with van der Waals surface area (Å²) in [4.78, 5) is 18.5. The smallest absolute Gasteiger partial charge is 0.257 e. The predicted octanol–water partition coefficient (Wildman–Crippen LogP) is 4.75. The van der Waals surface area contributed by atoms with Gasteiger partial charge >= 0.3 is 0 Å². The molecular weight excluding hydrogens is 420 g/mol. The average molecular weight is 451 g/mol. The summed E-state index contributed by atoms with van der Waals surface area (Å²) in [6.07, 6.45) is 0. The topological polar surface area (TPSA) is 110 Å². The van der Waals surface area contributed by atoms with E-state index in [0.29, 0.717) is 5.71 Å². The first kappa shape index (κ1) is 23.7. The summed E-state index contributed by atoms with van der Waals surface area (Å²) in [5.74, 6) is -1.15. The Kier molecular flexibility index (Phi) is 6.39. The fraction of sp³-hybridized carbons (Fsp3) is 0.280. The number of aliphatic imine (C=N–C) groups is 1. The number of carbonyl (C=O) groups excluding carboxylic acids is 1. The predicted molar refractivity (Wildman–Crippen MR) is 130 cm³/mol. The van der Waals surface area contributed by atoms with E-state index in [9.17, 15) is 20.1 Å². The molecule has 0 aliphatic rings. The van der Waals surface area contributed by atoms with Crippen molar-refractivity contribution in [2.24, 2.45) is 17.5 Å². The summed E-state index contributed by atoms with van der Waals surface area (Å²) in [5.41, 5.74) is 1.72. The van der Waals surface area contributed by atoms with Gasteiger partial charge in [0.25, 0.3) is 5.91 Å². The maximum Gasteiger partial charge on any atom is 0.257 e. The van der Waals surface area contributed by atoms with E-state index < -0.39 is 0 Å². The summed E-state index contributed by atoms with van der Waals surface area (Å²) >= 11 is 0. The number of hydrogen-bond acceptors (Lipinski definition) is 6. The van der Waals surface area contributed by atoms with Crippen LogP contribution in [0.15, 0.2) is 53.5 Å². The van der Waals surface area contributed by atoms with E-state index in [1.54, 1.807) is 26.2 Å². The van der Waals surface area contributed by atoms with Crippen LogP contribution in [0.5, 0.6) is 17.5 Å². The molecule has 0 aliphatic carbocycles. The number of phenolic OH excluding ortho intramolecular Hbond substituents is 1. The molecule has 3 rings (SSSR count). The van der Waals surface area contributed by atoms with Crippen molar-refractivity contribution in [3.63, 3.8) is 0 Å². The Morgan fingerprint density at radius 1 is 0.970 bits per heavy atom. The zero-order valence-electron chi connectivity index (χ0n) is 19.7. The number of rotatable bonds is 5. The van der Waals surface area contributed by atoms with Crippen LogP contribution >= 0.6 is 0 Å². The van der Waals surface area contributed by atoms with Crippen LogP contribution in [0.25, 0.3) is 0 Å². The maximum atomic E-state index is 12.4. The molecule has 0 saturated heterocycles. The molecule has 0 bridgehead atoms. The number of phenols is 1. The van der Waals surface area contributed by atoms with Crippen LogP contribution in [0.2, 0.25) is 0 Å².